The Hall–Kier alpha value is -2.54. The molecular weight excluding hydrogens is 290 g/mol. The Morgan fingerprint density at radius 2 is 1.95 bits per heavy atom. The molecule has 0 fully saturated rings. The maximum atomic E-state index is 11.8. The van der Waals surface area contributed by atoms with Crippen LogP contribution in [0.4, 0.5) is 10.7 Å². The molecular formula is C14H15N3O3S. The van der Waals surface area contributed by atoms with Crippen molar-refractivity contribution in [3.63, 3.8) is 0 Å². The molecule has 0 unspecified atom stereocenters. The Kier molecular flexibility index (Phi) is 4.78. The van der Waals surface area contributed by atoms with Gasteiger partial charge in [-0.2, -0.15) is 0 Å². The Labute approximate surface area is 125 Å². The number of benzene rings is 1. The lowest BCUT2D eigenvalue weighted by Crippen LogP contribution is -2.21. The Morgan fingerprint density at radius 1 is 1.24 bits per heavy atom. The number of primary amides is 1. The number of rotatable bonds is 6. The van der Waals surface area contributed by atoms with Crippen molar-refractivity contribution in [1.29, 1.82) is 0 Å². The average molecular weight is 305 g/mol. The minimum Gasteiger partial charge on any atom is -0.484 e. The molecule has 0 aliphatic carbocycles. The molecule has 0 saturated carbocycles. The molecule has 0 aliphatic rings. The van der Waals surface area contributed by atoms with Gasteiger partial charge in [0, 0.05) is 12.7 Å². The van der Waals surface area contributed by atoms with Crippen molar-refractivity contribution in [2.75, 3.05) is 24.3 Å². The quantitative estimate of drug-likeness (QED) is 0.760. The molecule has 0 saturated heterocycles. The molecule has 0 bridgehead atoms. The molecule has 0 spiro atoms. The second-order valence-electron chi connectivity index (χ2n) is 4.14. The summed E-state index contributed by atoms with van der Waals surface area (Å²) in [6, 6.07) is 8.79. The highest BCUT2D eigenvalue weighted by Crippen LogP contribution is 2.22. The van der Waals surface area contributed by atoms with Gasteiger partial charge in [-0.25, -0.2) is 0 Å². The first-order chi connectivity index (χ1) is 10.1. The summed E-state index contributed by atoms with van der Waals surface area (Å²) in [7, 11) is 1.82. The van der Waals surface area contributed by atoms with Gasteiger partial charge in [-0.15, -0.1) is 11.3 Å². The summed E-state index contributed by atoms with van der Waals surface area (Å²) in [4.78, 5) is 22.9. The molecule has 2 amide bonds. The first kappa shape index (κ1) is 14.9. The van der Waals surface area contributed by atoms with E-state index in [1.54, 1.807) is 23.6 Å². The van der Waals surface area contributed by atoms with E-state index in [9.17, 15) is 9.59 Å². The van der Waals surface area contributed by atoms with Crippen LogP contribution in [0.25, 0.3) is 0 Å². The van der Waals surface area contributed by atoms with Crippen LogP contribution in [-0.2, 0) is 4.79 Å². The van der Waals surface area contributed by atoms with E-state index in [0.29, 0.717) is 16.3 Å². The second-order valence-corrected chi connectivity index (χ2v) is 5.05. The molecule has 6 nitrogen and oxygen atoms in total. The Bertz CT molecular complexity index is 637. The van der Waals surface area contributed by atoms with Gasteiger partial charge in [0.05, 0.1) is 5.56 Å². The van der Waals surface area contributed by atoms with Crippen LogP contribution in [-0.4, -0.2) is 25.5 Å². The minimum absolute atomic E-state index is 0.144. The van der Waals surface area contributed by atoms with Crippen LogP contribution in [0.3, 0.4) is 0 Å². The van der Waals surface area contributed by atoms with Gasteiger partial charge < -0.3 is 21.1 Å². The molecule has 1 aromatic heterocycles. The van der Waals surface area contributed by atoms with Crippen LogP contribution in [0.1, 0.15) is 10.4 Å². The third kappa shape index (κ3) is 3.96. The minimum atomic E-state index is -0.574. The highest BCUT2D eigenvalue weighted by molar-refractivity contribution is 7.14. The topological polar surface area (TPSA) is 93.4 Å². The fraction of sp³-hybridized carbons (Fsp3) is 0.143. The predicted molar refractivity (Wildman–Crippen MR) is 83.0 cm³/mol. The molecule has 1 heterocycles. The van der Waals surface area contributed by atoms with E-state index < -0.39 is 5.91 Å². The zero-order chi connectivity index (χ0) is 15.2. The summed E-state index contributed by atoms with van der Waals surface area (Å²) in [6.07, 6.45) is 0. The van der Waals surface area contributed by atoms with Crippen molar-refractivity contribution >= 4 is 33.8 Å². The number of hydrogen-bond donors (Lipinski definition) is 3. The second kappa shape index (κ2) is 6.76. The van der Waals surface area contributed by atoms with Gasteiger partial charge in [0.2, 0.25) is 0 Å². The van der Waals surface area contributed by atoms with Crippen LogP contribution >= 0.6 is 11.3 Å². The van der Waals surface area contributed by atoms with Crippen molar-refractivity contribution in [1.82, 2.24) is 0 Å². The van der Waals surface area contributed by atoms with Gasteiger partial charge in [-0.05, 0) is 35.7 Å². The van der Waals surface area contributed by atoms with Gasteiger partial charge in [0.15, 0.2) is 6.61 Å². The number of nitrogens with two attached hydrogens (primary N) is 1. The number of carbonyl (C=O) groups excluding carboxylic acids is 2. The zero-order valence-corrected chi connectivity index (χ0v) is 12.2. The summed E-state index contributed by atoms with van der Waals surface area (Å²) in [5.74, 6) is -0.335. The maximum Gasteiger partial charge on any atom is 0.262 e. The maximum absolute atomic E-state index is 11.8. The van der Waals surface area contributed by atoms with Crippen molar-refractivity contribution in [3.05, 3.63) is 41.3 Å². The largest absolute Gasteiger partial charge is 0.484 e. The zero-order valence-electron chi connectivity index (χ0n) is 11.4. The number of thiophene rings is 1. The number of ether oxygens (including phenoxy) is 1. The number of hydrogen-bond acceptors (Lipinski definition) is 5. The van der Waals surface area contributed by atoms with E-state index in [1.165, 1.54) is 11.3 Å². The monoisotopic (exact) mass is 305 g/mol. The van der Waals surface area contributed by atoms with E-state index in [-0.39, 0.29) is 12.5 Å². The lowest BCUT2D eigenvalue weighted by Gasteiger charge is -2.08. The summed E-state index contributed by atoms with van der Waals surface area (Å²) in [5, 5.41) is 7.71. The standard InChI is InChI=1S/C14H15N3O3S/c1-16-9-2-4-10(5-3-9)20-8-12(18)17-14-11(13(15)19)6-7-21-14/h2-7,16H,8H2,1H3,(H2,15,19)(H,17,18). The van der Waals surface area contributed by atoms with E-state index >= 15 is 0 Å². The molecule has 4 N–H and O–H groups in total. The third-order valence-electron chi connectivity index (χ3n) is 2.70. The van der Waals surface area contributed by atoms with Crippen LogP contribution < -0.4 is 21.1 Å². The average Bonchev–Trinajstić information content (AvgIpc) is 2.94. The van der Waals surface area contributed by atoms with Crippen LogP contribution in [0.2, 0.25) is 0 Å². The number of nitrogens with one attached hydrogen (secondary N) is 2. The SMILES string of the molecule is CNc1ccc(OCC(=O)Nc2sccc2C(N)=O)cc1. The first-order valence-electron chi connectivity index (χ1n) is 6.18. The van der Waals surface area contributed by atoms with Gasteiger partial charge in [0.1, 0.15) is 10.8 Å². The number of carbonyl (C=O) groups is 2. The van der Waals surface area contributed by atoms with Crippen molar-refractivity contribution in [3.8, 4) is 5.75 Å². The van der Waals surface area contributed by atoms with E-state index in [4.69, 9.17) is 10.5 Å². The third-order valence-corrected chi connectivity index (χ3v) is 3.53. The molecule has 0 radical (unpaired) electrons. The number of amides is 2. The molecule has 1 aromatic carbocycles. The van der Waals surface area contributed by atoms with E-state index in [1.807, 2.05) is 19.2 Å². The first-order valence-corrected chi connectivity index (χ1v) is 7.06. The van der Waals surface area contributed by atoms with E-state index in [2.05, 4.69) is 10.6 Å². The number of anilines is 2. The molecule has 2 rings (SSSR count). The van der Waals surface area contributed by atoms with Gasteiger partial charge in [-0.1, -0.05) is 0 Å². The molecule has 7 heteroatoms. The fourth-order valence-electron chi connectivity index (χ4n) is 1.63. The summed E-state index contributed by atoms with van der Waals surface area (Å²) in [6.45, 7) is -0.144. The summed E-state index contributed by atoms with van der Waals surface area (Å²) in [5.41, 5.74) is 6.46. The summed E-state index contributed by atoms with van der Waals surface area (Å²) < 4.78 is 5.37. The van der Waals surface area contributed by atoms with Crippen molar-refractivity contribution in [2.45, 2.75) is 0 Å². The molecule has 2 aromatic rings. The Morgan fingerprint density at radius 3 is 2.57 bits per heavy atom. The molecule has 110 valence electrons. The smallest absolute Gasteiger partial charge is 0.262 e. The molecule has 0 atom stereocenters. The predicted octanol–water partition coefficient (Wildman–Crippen LogP) is 1.91. The molecule has 21 heavy (non-hydrogen) atoms. The molecule has 0 aliphatic heterocycles. The highest BCUT2D eigenvalue weighted by Gasteiger charge is 2.12. The summed E-state index contributed by atoms with van der Waals surface area (Å²) >= 11 is 1.24. The Balaban J connectivity index is 1.89. The lowest BCUT2D eigenvalue weighted by molar-refractivity contribution is -0.118. The van der Waals surface area contributed by atoms with Gasteiger partial charge in [0.25, 0.3) is 11.8 Å². The van der Waals surface area contributed by atoms with Crippen LogP contribution in [0, 0.1) is 0 Å². The van der Waals surface area contributed by atoms with Crippen LogP contribution in [0.5, 0.6) is 5.75 Å². The van der Waals surface area contributed by atoms with Gasteiger partial charge in [-0.3, -0.25) is 9.59 Å². The van der Waals surface area contributed by atoms with Crippen molar-refractivity contribution < 1.29 is 14.3 Å². The highest BCUT2D eigenvalue weighted by atomic mass is 32.1. The normalized spacial score (nSPS) is 9.95. The van der Waals surface area contributed by atoms with Gasteiger partial charge >= 0.3 is 0 Å². The lowest BCUT2D eigenvalue weighted by atomic mass is 10.3. The van der Waals surface area contributed by atoms with Crippen molar-refractivity contribution in [2.24, 2.45) is 5.73 Å². The van der Waals surface area contributed by atoms with E-state index in [0.717, 1.165) is 5.69 Å². The van der Waals surface area contributed by atoms with Crippen LogP contribution in [0.15, 0.2) is 35.7 Å². The fourth-order valence-corrected chi connectivity index (χ4v) is 2.44.